The standard InChI is InChI=1S/C18H20N2O2S.ClH/c21-23(22,16-4-2-1-3-5-16)17-6-7-18-14(12-17)9-11-20(18)15-8-10-19-13-15;/h1-7,12,15,19H,8-11,13H2;1H. The van der Waals surface area contributed by atoms with Gasteiger partial charge < -0.3 is 10.2 Å². The van der Waals surface area contributed by atoms with Crippen LogP contribution in [0.5, 0.6) is 0 Å². The van der Waals surface area contributed by atoms with Gasteiger partial charge in [0.05, 0.1) is 9.79 Å². The molecule has 128 valence electrons. The Balaban J connectivity index is 0.00000169. The molecule has 1 fully saturated rings. The van der Waals surface area contributed by atoms with E-state index in [4.69, 9.17) is 0 Å². The fraction of sp³-hybridized carbons (Fsp3) is 0.333. The molecular weight excluding hydrogens is 344 g/mol. The lowest BCUT2D eigenvalue weighted by molar-refractivity contribution is 0.596. The van der Waals surface area contributed by atoms with Crippen molar-refractivity contribution in [1.82, 2.24) is 5.32 Å². The van der Waals surface area contributed by atoms with Crippen LogP contribution < -0.4 is 10.2 Å². The number of benzene rings is 2. The highest BCUT2D eigenvalue weighted by molar-refractivity contribution is 7.91. The zero-order valence-electron chi connectivity index (χ0n) is 13.3. The molecule has 6 heteroatoms. The molecule has 24 heavy (non-hydrogen) atoms. The highest BCUT2D eigenvalue weighted by Gasteiger charge is 2.29. The first-order valence-electron chi connectivity index (χ1n) is 8.07. The van der Waals surface area contributed by atoms with Crippen LogP contribution in [0, 0.1) is 0 Å². The number of hydrogen-bond acceptors (Lipinski definition) is 4. The van der Waals surface area contributed by atoms with E-state index in [9.17, 15) is 8.42 Å². The fourth-order valence-corrected chi connectivity index (χ4v) is 4.92. The molecule has 0 bridgehead atoms. The van der Waals surface area contributed by atoms with Gasteiger partial charge in [-0.05, 0) is 55.3 Å². The normalized spacial score (nSPS) is 19.8. The van der Waals surface area contributed by atoms with Crippen LogP contribution in [0.2, 0.25) is 0 Å². The van der Waals surface area contributed by atoms with E-state index in [2.05, 4.69) is 10.2 Å². The first-order chi connectivity index (χ1) is 11.2. The van der Waals surface area contributed by atoms with Gasteiger partial charge >= 0.3 is 0 Å². The highest BCUT2D eigenvalue weighted by atomic mass is 35.5. The Kier molecular flexibility index (Phi) is 4.85. The fourth-order valence-electron chi connectivity index (χ4n) is 3.59. The molecule has 0 radical (unpaired) electrons. The molecule has 1 unspecified atom stereocenters. The van der Waals surface area contributed by atoms with Crippen molar-refractivity contribution in [3.05, 3.63) is 54.1 Å². The summed E-state index contributed by atoms with van der Waals surface area (Å²) in [5.74, 6) is 0. The lowest BCUT2D eigenvalue weighted by Crippen LogP contribution is -2.35. The minimum absolute atomic E-state index is 0. The molecule has 1 atom stereocenters. The number of sulfone groups is 1. The Labute approximate surface area is 149 Å². The van der Waals surface area contributed by atoms with Crippen LogP contribution in [-0.4, -0.2) is 34.1 Å². The summed E-state index contributed by atoms with van der Waals surface area (Å²) in [6, 6.07) is 14.8. The summed E-state index contributed by atoms with van der Waals surface area (Å²) in [4.78, 5) is 3.18. The van der Waals surface area contributed by atoms with Gasteiger partial charge in [-0.15, -0.1) is 12.4 Å². The van der Waals surface area contributed by atoms with Crippen LogP contribution in [0.4, 0.5) is 5.69 Å². The van der Waals surface area contributed by atoms with Crippen molar-refractivity contribution in [2.45, 2.75) is 28.7 Å². The van der Waals surface area contributed by atoms with E-state index in [1.54, 1.807) is 30.3 Å². The van der Waals surface area contributed by atoms with Gasteiger partial charge in [-0.3, -0.25) is 0 Å². The average molecular weight is 365 g/mol. The van der Waals surface area contributed by atoms with E-state index in [1.807, 2.05) is 18.2 Å². The molecule has 2 heterocycles. The van der Waals surface area contributed by atoms with Crippen molar-refractivity contribution >= 4 is 27.9 Å². The molecule has 2 aromatic rings. The molecule has 2 aromatic carbocycles. The minimum atomic E-state index is -3.43. The third kappa shape index (κ3) is 2.92. The lowest BCUT2D eigenvalue weighted by Gasteiger charge is -2.26. The first-order valence-corrected chi connectivity index (χ1v) is 9.55. The number of anilines is 1. The van der Waals surface area contributed by atoms with Crippen LogP contribution in [0.1, 0.15) is 12.0 Å². The molecule has 2 aliphatic rings. The van der Waals surface area contributed by atoms with Crippen molar-refractivity contribution in [3.8, 4) is 0 Å². The topological polar surface area (TPSA) is 49.4 Å². The molecule has 1 N–H and O–H groups in total. The summed E-state index contributed by atoms with van der Waals surface area (Å²) in [6.45, 7) is 3.07. The molecular formula is C18H21ClN2O2S. The number of nitrogens with zero attached hydrogens (tertiary/aromatic N) is 1. The van der Waals surface area contributed by atoms with E-state index in [0.717, 1.165) is 38.0 Å². The number of rotatable bonds is 3. The summed E-state index contributed by atoms with van der Waals surface area (Å²) in [7, 11) is -3.43. The maximum absolute atomic E-state index is 12.7. The molecule has 0 amide bonds. The predicted octanol–water partition coefficient (Wildman–Crippen LogP) is 2.67. The van der Waals surface area contributed by atoms with Crippen LogP contribution in [0.15, 0.2) is 58.3 Å². The minimum Gasteiger partial charge on any atom is -0.367 e. The van der Waals surface area contributed by atoms with Crippen molar-refractivity contribution in [1.29, 1.82) is 0 Å². The van der Waals surface area contributed by atoms with E-state index >= 15 is 0 Å². The van der Waals surface area contributed by atoms with Crippen LogP contribution in [0.25, 0.3) is 0 Å². The maximum atomic E-state index is 12.7. The predicted molar refractivity (Wildman–Crippen MR) is 97.9 cm³/mol. The molecule has 4 rings (SSSR count). The highest BCUT2D eigenvalue weighted by Crippen LogP contribution is 2.34. The molecule has 1 saturated heterocycles. The summed E-state index contributed by atoms with van der Waals surface area (Å²) >= 11 is 0. The average Bonchev–Trinajstić information content (AvgIpc) is 3.24. The van der Waals surface area contributed by atoms with Gasteiger partial charge in [0.2, 0.25) is 9.84 Å². The molecule has 4 nitrogen and oxygen atoms in total. The summed E-state index contributed by atoms with van der Waals surface area (Å²) in [5.41, 5.74) is 2.35. The van der Waals surface area contributed by atoms with Crippen molar-refractivity contribution in [3.63, 3.8) is 0 Å². The Morgan fingerprint density at radius 2 is 1.83 bits per heavy atom. The molecule has 0 spiro atoms. The maximum Gasteiger partial charge on any atom is 0.206 e. The zero-order chi connectivity index (χ0) is 15.9. The number of halogens is 1. The first kappa shape index (κ1) is 17.3. The van der Waals surface area contributed by atoms with Gasteiger partial charge in [-0.25, -0.2) is 8.42 Å². The van der Waals surface area contributed by atoms with Crippen LogP contribution in [-0.2, 0) is 16.3 Å². The quantitative estimate of drug-likeness (QED) is 0.909. The Bertz CT molecular complexity index is 818. The van der Waals surface area contributed by atoms with Gasteiger partial charge in [0, 0.05) is 24.8 Å². The van der Waals surface area contributed by atoms with Gasteiger partial charge in [0.15, 0.2) is 0 Å². The number of fused-ring (bicyclic) bond motifs is 1. The van der Waals surface area contributed by atoms with Gasteiger partial charge in [-0.2, -0.15) is 0 Å². The van der Waals surface area contributed by atoms with E-state index in [0.29, 0.717) is 15.8 Å². The molecule has 0 aromatic heterocycles. The van der Waals surface area contributed by atoms with Crippen molar-refractivity contribution in [2.24, 2.45) is 0 Å². The molecule has 2 aliphatic heterocycles. The van der Waals surface area contributed by atoms with Crippen molar-refractivity contribution in [2.75, 3.05) is 24.5 Å². The SMILES string of the molecule is Cl.O=S(=O)(c1ccccc1)c1ccc2c(c1)CCN2C1CCNC1. The zero-order valence-corrected chi connectivity index (χ0v) is 14.9. The van der Waals surface area contributed by atoms with Crippen LogP contribution >= 0.6 is 12.4 Å². The second-order valence-electron chi connectivity index (χ2n) is 6.20. The van der Waals surface area contributed by atoms with Gasteiger partial charge in [0.1, 0.15) is 0 Å². The third-order valence-electron chi connectivity index (χ3n) is 4.82. The Hall–Kier alpha value is -1.56. The monoisotopic (exact) mass is 364 g/mol. The Morgan fingerprint density at radius 3 is 2.54 bits per heavy atom. The Morgan fingerprint density at radius 1 is 1.04 bits per heavy atom. The number of nitrogens with one attached hydrogen (secondary N) is 1. The summed E-state index contributed by atoms with van der Waals surface area (Å²) < 4.78 is 25.5. The van der Waals surface area contributed by atoms with Crippen LogP contribution in [0.3, 0.4) is 0 Å². The molecule has 0 aliphatic carbocycles. The van der Waals surface area contributed by atoms with E-state index < -0.39 is 9.84 Å². The lowest BCUT2D eigenvalue weighted by atomic mass is 10.1. The smallest absolute Gasteiger partial charge is 0.206 e. The largest absolute Gasteiger partial charge is 0.367 e. The van der Waals surface area contributed by atoms with E-state index in [-0.39, 0.29) is 12.4 Å². The van der Waals surface area contributed by atoms with Crippen molar-refractivity contribution < 1.29 is 8.42 Å². The molecule has 0 saturated carbocycles. The third-order valence-corrected chi connectivity index (χ3v) is 6.59. The van der Waals surface area contributed by atoms with Gasteiger partial charge in [-0.1, -0.05) is 18.2 Å². The summed E-state index contributed by atoms with van der Waals surface area (Å²) in [6.07, 6.45) is 2.08. The number of hydrogen-bond donors (Lipinski definition) is 1. The van der Waals surface area contributed by atoms with E-state index in [1.165, 1.54) is 5.69 Å². The second-order valence-corrected chi connectivity index (χ2v) is 8.15. The van der Waals surface area contributed by atoms with Gasteiger partial charge in [0.25, 0.3) is 0 Å². The second kappa shape index (κ2) is 6.75. The summed E-state index contributed by atoms with van der Waals surface area (Å²) in [5, 5.41) is 3.40.